The standard InChI is InChI=1S/C15H21BrN2O2S.ClH/c16-13-4-6-14(7-5-13)21(20)12-1-3-15(19)18-10-2-8-17-9-11-18;/h4-7,17H,1-3,8-12H2;1H. The Morgan fingerprint density at radius 2 is 1.95 bits per heavy atom. The quantitative estimate of drug-likeness (QED) is 0.813. The molecule has 0 bridgehead atoms. The van der Waals surface area contributed by atoms with Crippen molar-refractivity contribution in [3.8, 4) is 0 Å². The molecule has 124 valence electrons. The molecule has 1 heterocycles. The van der Waals surface area contributed by atoms with Crippen molar-refractivity contribution >= 4 is 45.0 Å². The highest BCUT2D eigenvalue weighted by Gasteiger charge is 2.15. The summed E-state index contributed by atoms with van der Waals surface area (Å²) in [5.41, 5.74) is 0. The van der Waals surface area contributed by atoms with Crippen LogP contribution in [-0.2, 0) is 15.6 Å². The Morgan fingerprint density at radius 3 is 2.68 bits per heavy atom. The van der Waals surface area contributed by atoms with Gasteiger partial charge < -0.3 is 10.2 Å². The third kappa shape index (κ3) is 6.36. The molecule has 1 aromatic rings. The van der Waals surface area contributed by atoms with Crippen LogP contribution in [0.2, 0.25) is 0 Å². The fourth-order valence-corrected chi connectivity index (χ4v) is 3.66. The van der Waals surface area contributed by atoms with E-state index < -0.39 is 10.8 Å². The molecule has 1 fully saturated rings. The third-order valence-electron chi connectivity index (χ3n) is 3.49. The van der Waals surface area contributed by atoms with Crippen LogP contribution in [0.5, 0.6) is 0 Å². The van der Waals surface area contributed by atoms with Crippen LogP contribution in [0.25, 0.3) is 0 Å². The number of amides is 1. The second kappa shape index (κ2) is 10.4. The number of halogens is 2. The highest BCUT2D eigenvalue weighted by molar-refractivity contribution is 9.10. The number of hydrogen-bond donors (Lipinski definition) is 1. The van der Waals surface area contributed by atoms with Crippen molar-refractivity contribution in [3.05, 3.63) is 28.7 Å². The van der Waals surface area contributed by atoms with E-state index in [2.05, 4.69) is 21.2 Å². The largest absolute Gasteiger partial charge is 0.341 e. The lowest BCUT2D eigenvalue weighted by Crippen LogP contribution is -2.34. The molecule has 2 rings (SSSR count). The van der Waals surface area contributed by atoms with Gasteiger partial charge in [-0.2, -0.15) is 0 Å². The molecule has 1 unspecified atom stereocenters. The van der Waals surface area contributed by atoms with E-state index in [-0.39, 0.29) is 18.3 Å². The van der Waals surface area contributed by atoms with Crippen molar-refractivity contribution < 1.29 is 9.00 Å². The van der Waals surface area contributed by atoms with Gasteiger partial charge in [-0.15, -0.1) is 12.4 Å². The van der Waals surface area contributed by atoms with Gasteiger partial charge in [-0.25, -0.2) is 0 Å². The molecule has 1 saturated heterocycles. The zero-order valence-electron chi connectivity index (χ0n) is 12.4. The minimum absolute atomic E-state index is 0. The second-order valence-electron chi connectivity index (χ2n) is 5.09. The van der Waals surface area contributed by atoms with Gasteiger partial charge in [0.1, 0.15) is 0 Å². The van der Waals surface area contributed by atoms with E-state index in [9.17, 15) is 9.00 Å². The van der Waals surface area contributed by atoms with Gasteiger partial charge in [0.25, 0.3) is 0 Å². The Hall–Kier alpha value is -0.430. The minimum atomic E-state index is -1.02. The van der Waals surface area contributed by atoms with Gasteiger partial charge in [0, 0.05) is 41.2 Å². The molecule has 22 heavy (non-hydrogen) atoms. The Bertz CT molecular complexity index is 491. The summed E-state index contributed by atoms with van der Waals surface area (Å²) in [6.07, 6.45) is 2.17. The molecule has 1 N–H and O–H groups in total. The van der Waals surface area contributed by atoms with E-state index >= 15 is 0 Å². The van der Waals surface area contributed by atoms with E-state index in [0.717, 1.165) is 42.0 Å². The monoisotopic (exact) mass is 408 g/mol. The summed E-state index contributed by atoms with van der Waals surface area (Å²) < 4.78 is 13.1. The molecule has 1 aliphatic heterocycles. The van der Waals surface area contributed by atoms with Gasteiger partial charge in [-0.05, 0) is 43.7 Å². The zero-order valence-corrected chi connectivity index (χ0v) is 15.6. The van der Waals surface area contributed by atoms with E-state index in [1.807, 2.05) is 29.2 Å². The van der Waals surface area contributed by atoms with Crippen molar-refractivity contribution in [2.24, 2.45) is 0 Å². The smallest absolute Gasteiger partial charge is 0.222 e. The average Bonchev–Trinajstić information content (AvgIpc) is 2.77. The summed E-state index contributed by atoms with van der Waals surface area (Å²) in [5, 5.41) is 3.29. The molecule has 1 amide bonds. The van der Waals surface area contributed by atoms with Crippen LogP contribution in [0, 0.1) is 0 Å². The van der Waals surface area contributed by atoms with Crippen LogP contribution in [0.1, 0.15) is 19.3 Å². The van der Waals surface area contributed by atoms with Crippen LogP contribution >= 0.6 is 28.3 Å². The maximum atomic E-state index is 12.1. The third-order valence-corrected chi connectivity index (χ3v) is 5.48. The Morgan fingerprint density at radius 1 is 1.23 bits per heavy atom. The normalized spacial score (nSPS) is 16.5. The lowest BCUT2D eigenvalue weighted by molar-refractivity contribution is -0.131. The number of nitrogens with zero attached hydrogens (tertiary/aromatic N) is 1. The van der Waals surface area contributed by atoms with Gasteiger partial charge in [-0.1, -0.05) is 15.9 Å². The number of carbonyl (C=O) groups excluding carboxylic acids is 1. The highest BCUT2D eigenvalue weighted by Crippen LogP contribution is 2.14. The maximum absolute atomic E-state index is 12.1. The van der Waals surface area contributed by atoms with E-state index in [0.29, 0.717) is 18.6 Å². The van der Waals surface area contributed by atoms with Crippen LogP contribution in [0.3, 0.4) is 0 Å². The minimum Gasteiger partial charge on any atom is -0.341 e. The van der Waals surface area contributed by atoms with Gasteiger partial charge >= 0.3 is 0 Å². The molecule has 1 aliphatic rings. The van der Waals surface area contributed by atoms with Crippen molar-refractivity contribution in [1.29, 1.82) is 0 Å². The molecular formula is C15H22BrClN2O2S. The maximum Gasteiger partial charge on any atom is 0.222 e. The van der Waals surface area contributed by atoms with E-state index in [1.54, 1.807) is 0 Å². The molecule has 0 radical (unpaired) electrons. The number of carbonyl (C=O) groups is 1. The molecule has 4 nitrogen and oxygen atoms in total. The molecule has 0 aromatic heterocycles. The van der Waals surface area contributed by atoms with Crippen molar-refractivity contribution in [2.75, 3.05) is 31.9 Å². The molecule has 0 aliphatic carbocycles. The van der Waals surface area contributed by atoms with Gasteiger partial charge in [0.05, 0.1) is 10.8 Å². The van der Waals surface area contributed by atoms with E-state index in [4.69, 9.17) is 0 Å². The van der Waals surface area contributed by atoms with E-state index in [1.165, 1.54) is 0 Å². The first-order valence-electron chi connectivity index (χ1n) is 7.29. The molecule has 0 saturated carbocycles. The first kappa shape index (κ1) is 19.6. The van der Waals surface area contributed by atoms with Crippen molar-refractivity contribution in [1.82, 2.24) is 10.2 Å². The fraction of sp³-hybridized carbons (Fsp3) is 0.533. The highest BCUT2D eigenvalue weighted by atomic mass is 79.9. The van der Waals surface area contributed by atoms with Gasteiger partial charge in [-0.3, -0.25) is 9.00 Å². The van der Waals surface area contributed by atoms with Gasteiger partial charge in [0.15, 0.2) is 0 Å². The second-order valence-corrected chi connectivity index (χ2v) is 7.58. The van der Waals surface area contributed by atoms with Crippen molar-refractivity contribution in [3.63, 3.8) is 0 Å². The Balaban J connectivity index is 0.00000242. The predicted molar refractivity (Wildman–Crippen MR) is 96.0 cm³/mol. The number of rotatable bonds is 5. The Labute approximate surface area is 149 Å². The average molecular weight is 410 g/mol. The summed E-state index contributed by atoms with van der Waals surface area (Å²) in [7, 11) is -1.02. The topological polar surface area (TPSA) is 49.4 Å². The molecule has 1 atom stereocenters. The van der Waals surface area contributed by atoms with Crippen LogP contribution in [0.4, 0.5) is 0 Å². The number of nitrogens with one attached hydrogen (secondary N) is 1. The SMILES string of the molecule is Cl.O=C(CCCS(=O)c1ccc(Br)cc1)N1CCCNCC1. The van der Waals surface area contributed by atoms with Gasteiger partial charge in [0.2, 0.25) is 5.91 Å². The molecule has 7 heteroatoms. The molecule has 0 spiro atoms. The first-order chi connectivity index (χ1) is 10.2. The summed E-state index contributed by atoms with van der Waals surface area (Å²) in [6, 6.07) is 7.51. The fourth-order valence-electron chi connectivity index (χ4n) is 2.31. The molecule has 1 aromatic carbocycles. The lowest BCUT2D eigenvalue weighted by atomic mass is 10.3. The number of hydrogen-bond acceptors (Lipinski definition) is 3. The molecular weight excluding hydrogens is 388 g/mol. The zero-order chi connectivity index (χ0) is 15.1. The van der Waals surface area contributed by atoms with Crippen molar-refractivity contribution in [2.45, 2.75) is 24.2 Å². The summed E-state index contributed by atoms with van der Waals surface area (Å²) >= 11 is 3.36. The summed E-state index contributed by atoms with van der Waals surface area (Å²) in [5.74, 6) is 0.728. The lowest BCUT2D eigenvalue weighted by Gasteiger charge is -2.19. The first-order valence-corrected chi connectivity index (χ1v) is 9.40. The Kier molecular flexibility index (Phi) is 9.24. The van der Waals surface area contributed by atoms with Crippen LogP contribution < -0.4 is 5.32 Å². The van der Waals surface area contributed by atoms with Crippen LogP contribution in [-0.4, -0.2) is 46.9 Å². The van der Waals surface area contributed by atoms with Crippen LogP contribution in [0.15, 0.2) is 33.6 Å². The predicted octanol–water partition coefficient (Wildman–Crippen LogP) is 2.58. The summed E-state index contributed by atoms with van der Waals surface area (Å²) in [6.45, 7) is 3.48. The number of benzene rings is 1. The summed E-state index contributed by atoms with van der Waals surface area (Å²) in [4.78, 5) is 14.8.